The summed E-state index contributed by atoms with van der Waals surface area (Å²) in [6.07, 6.45) is 6.22. The van der Waals surface area contributed by atoms with E-state index in [1.807, 2.05) is 47.5 Å². The summed E-state index contributed by atoms with van der Waals surface area (Å²) in [4.78, 5) is 26.5. The van der Waals surface area contributed by atoms with Gasteiger partial charge in [-0.05, 0) is 48.1 Å². The molecule has 0 saturated carbocycles. The van der Waals surface area contributed by atoms with Crippen molar-refractivity contribution in [3.05, 3.63) is 68.5 Å². The molecule has 1 unspecified atom stereocenters. The van der Waals surface area contributed by atoms with Gasteiger partial charge in [-0.15, -0.1) is 22.7 Å². The van der Waals surface area contributed by atoms with Crippen molar-refractivity contribution in [2.45, 2.75) is 31.9 Å². The Kier molecular flexibility index (Phi) is 6.73. The molecule has 2 amide bonds. The monoisotopic (exact) mass is 466 g/mol. The number of nitriles is 1. The minimum Gasteiger partial charge on any atom is -0.446 e. The van der Waals surface area contributed by atoms with Gasteiger partial charge in [0, 0.05) is 41.2 Å². The van der Waals surface area contributed by atoms with Crippen LogP contribution in [0.4, 0.5) is 9.80 Å². The first-order valence-corrected chi connectivity index (χ1v) is 11.8. The minimum absolute atomic E-state index is 0.261. The van der Waals surface area contributed by atoms with E-state index < -0.39 is 6.09 Å². The molecule has 0 fully saturated rings. The number of nitrogens with one attached hydrogen (secondary N) is 2. The van der Waals surface area contributed by atoms with Crippen molar-refractivity contribution >= 4 is 45.8 Å². The zero-order valence-corrected chi connectivity index (χ0v) is 19.1. The summed E-state index contributed by atoms with van der Waals surface area (Å²) in [6.45, 7) is 0.396. The second-order valence-corrected chi connectivity index (χ2v) is 9.48. The van der Waals surface area contributed by atoms with E-state index in [9.17, 15) is 14.9 Å². The lowest BCUT2D eigenvalue weighted by Gasteiger charge is -2.22. The minimum atomic E-state index is -0.455. The van der Waals surface area contributed by atoms with Crippen LogP contribution in [0.5, 0.6) is 0 Å². The number of aromatic nitrogens is 1. The molecule has 3 aromatic rings. The Morgan fingerprint density at radius 2 is 2.25 bits per heavy atom. The summed E-state index contributed by atoms with van der Waals surface area (Å²) >= 11 is 2.93. The molecule has 1 atom stereocenters. The zero-order chi connectivity index (χ0) is 22.5. The molecule has 0 spiro atoms. The molecule has 0 radical (unpaired) electrons. The number of alkyl carbamates (subject to hydrolysis) is 1. The molecule has 164 valence electrons. The van der Waals surface area contributed by atoms with E-state index >= 15 is 0 Å². The fourth-order valence-corrected chi connectivity index (χ4v) is 5.48. The van der Waals surface area contributed by atoms with E-state index in [2.05, 4.69) is 16.7 Å². The Labute approximate surface area is 193 Å². The van der Waals surface area contributed by atoms with Crippen LogP contribution in [-0.2, 0) is 36.0 Å². The van der Waals surface area contributed by atoms with Crippen LogP contribution < -0.4 is 10.6 Å². The van der Waals surface area contributed by atoms with Crippen LogP contribution in [-0.4, -0.2) is 22.7 Å². The highest BCUT2D eigenvalue weighted by atomic mass is 32.1. The van der Waals surface area contributed by atoms with Crippen molar-refractivity contribution in [3.63, 3.8) is 0 Å². The normalized spacial score (nSPS) is 15.2. The van der Waals surface area contributed by atoms with Gasteiger partial charge in [-0.3, -0.25) is 4.79 Å². The molecule has 4 rings (SSSR count). The van der Waals surface area contributed by atoms with Crippen LogP contribution in [0.15, 0.2) is 41.9 Å². The number of carbonyl (C=O) groups excluding carboxylic acids is 2. The number of rotatable bonds is 6. The van der Waals surface area contributed by atoms with E-state index in [1.165, 1.54) is 17.4 Å². The smallest absolute Gasteiger partial charge is 0.407 e. The molecule has 9 heteroatoms. The van der Waals surface area contributed by atoms with Gasteiger partial charge in [0.2, 0.25) is 5.91 Å². The van der Waals surface area contributed by atoms with Crippen molar-refractivity contribution < 1.29 is 14.3 Å². The number of nitrogens with zero attached hydrogens (tertiary/aromatic N) is 2. The Hall–Kier alpha value is -3.35. The Balaban J connectivity index is 1.36. The molecule has 3 heterocycles. The molecule has 0 aliphatic heterocycles. The van der Waals surface area contributed by atoms with E-state index in [0.29, 0.717) is 36.4 Å². The first-order valence-electron chi connectivity index (χ1n) is 10.2. The maximum atomic E-state index is 12.3. The lowest BCUT2D eigenvalue weighted by Crippen LogP contribution is -2.32. The van der Waals surface area contributed by atoms with Gasteiger partial charge in [0.1, 0.15) is 17.2 Å². The second-order valence-electron chi connectivity index (χ2n) is 7.39. The first-order chi connectivity index (χ1) is 15.5. The van der Waals surface area contributed by atoms with E-state index in [1.54, 1.807) is 17.4 Å². The maximum Gasteiger partial charge on any atom is 0.407 e. The average molecular weight is 467 g/mol. The molecule has 0 saturated heterocycles. The van der Waals surface area contributed by atoms with E-state index in [4.69, 9.17) is 4.74 Å². The van der Waals surface area contributed by atoms with Gasteiger partial charge >= 0.3 is 6.09 Å². The maximum absolute atomic E-state index is 12.3. The Morgan fingerprint density at radius 3 is 2.97 bits per heavy atom. The highest BCUT2D eigenvalue weighted by Crippen LogP contribution is 2.38. The van der Waals surface area contributed by atoms with Gasteiger partial charge in [-0.2, -0.15) is 5.26 Å². The summed E-state index contributed by atoms with van der Waals surface area (Å²) in [5, 5.41) is 17.7. The topological polar surface area (TPSA) is 96.2 Å². The fourth-order valence-electron chi connectivity index (χ4n) is 3.60. The Morgan fingerprint density at radius 1 is 1.38 bits per heavy atom. The molecular weight excluding hydrogens is 444 g/mol. The van der Waals surface area contributed by atoms with Crippen molar-refractivity contribution in [1.82, 2.24) is 9.88 Å². The van der Waals surface area contributed by atoms with Gasteiger partial charge in [0.05, 0.1) is 12.1 Å². The van der Waals surface area contributed by atoms with E-state index in [-0.39, 0.29) is 12.0 Å². The predicted molar refractivity (Wildman–Crippen MR) is 126 cm³/mol. The standard InChI is InChI=1S/C23H22N4O3S2/c1-27-10-2-4-15(27)14-25-23(29)30-16-6-8-18-19(13-24)22(32-20(18)12-16)26-21(28)9-7-17-5-3-11-31-17/h2-5,7,9-11,16H,6,8,12,14H2,1H3,(H,25,29)(H,26,28). The molecule has 3 aromatic heterocycles. The number of amides is 2. The van der Waals surface area contributed by atoms with Crippen LogP contribution in [0.1, 0.15) is 33.0 Å². The van der Waals surface area contributed by atoms with Crippen LogP contribution >= 0.6 is 22.7 Å². The molecule has 7 nitrogen and oxygen atoms in total. The van der Waals surface area contributed by atoms with Crippen LogP contribution in [0.25, 0.3) is 6.08 Å². The third-order valence-electron chi connectivity index (χ3n) is 5.25. The predicted octanol–water partition coefficient (Wildman–Crippen LogP) is 4.46. The van der Waals surface area contributed by atoms with Crippen LogP contribution in [0.3, 0.4) is 0 Å². The Bertz CT molecular complexity index is 1180. The summed E-state index contributed by atoms with van der Waals surface area (Å²) in [6, 6.07) is 9.93. The van der Waals surface area contributed by atoms with E-state index in [0.717, 1.165) is 21.0 Å². The van der Waals surface area contributed by atoms with Gasteiger partial charge in [0.15, 0.2) is 0 Å². The van der Waals surface area contributed by atoms with Gasteiger partial charge in [-0.25, -0.2) is 4.79 Å². The lowest BCUT2D eigenvalue weighted by atomic mass is 9.94. The lowest BCUT2D eigenvalue weighted by molar-refractivity contribution is -0.111. The van der Waals surface area contributed by atoms with Gasteiger partial charge < -0.3 is 19.9 Å². The van der Waals surface area contributed by atoms with Gasteiger partial charge in [-0.1, -0.05) is 6.07 Å². The quantitative estimate of drug-likeness (QED) is 0.525. The number of aryl methyl sites for hydroxylation is 1. The highest BCUT2D eigenvalue weighted by Gasteiger charge is 2.28. The van der Waals surface area contributed by atoms with Crippen LogP contribution in [0.2, 0.25) is 0 Å². The largest absolute Gasteiger partial charge is 0.446 e. The van der Waals surface area contributed by atoms with Crippen molar-refractivity contribution in [3.8, 4) is 6.07 Å². The first kappa shape index (κ1) is 21.9. The second kappa shape index (κ2) is 9.85. The zero-order valence-electron chi connectivity index (χ0n) is 17.5. The number of carbonyl (C=O) groups is 2. The summed E-state index contributed by atoms with van der Waals surface area (Å²) in [5.74, 6) is -0.277. The van der Waals surface area contributed by atoms with Crippen molar-refractivity contribution in [1.29, 1.82) is 5.26 Å². The van der Waals surface area contributed by atoms with Crippen molar-refractivity contribution in [2.75, 3.05) is 5.32 Å². The summed E-state index contributed by atoms with van der Waals surface area (Å²) in [7, 11) is 1.92. The number of anilines is 1. The van der Waals surface area contributed by atoms with Crippen molar-refractivity contribution in [2.24, 2.45) is 7.05 Å². The summed E-state index contributed by atoms with van der Waals surface area (Å²) < 4.78 is 7.54. The SMILES string of the molecule is Cn1cccc1CNC(=O)OC1CCc2c(sc(NC(=O)C=Cc3cccs3)c2C#N)C1. The molecule has 0 aromatic carbocycles. The molecule has 0 bridgehead atoms. The van der Waals surface area contributed by atoms with Gasteiger partial charge in [0.25, 0.3) is 0 Å². The molecule has 1 aliphatic carbocycles. The highest BCUT2D eigenvalue weighted by molar-refractivity contribution is 7.16. The van der Waals surface area contributed by atoms with Crippen LogP contribution in [0, 0.1) is 11.3 Å². The molecule has 2 N–H and O–H groups in total. The fraction of sp³-hybridized carbons (Fsp3) is 0.261. The number of thiophene rings is 2. The number of fused-ring (bicyclic) bond motifs is 1. The average Bonchev–Trinajstić information content (AvgIpc) is 3.50. The third kappa shape index (κ3) is 5.10. The third-order valence-corrected chi connectivity index (χ3v) is 7.26. The number of hydrogen-bond donors (Lipinski definition) is 2. The summed E-state index contributed by atoms with van der Waals surface area (Å²) in [5.41, 5.74) is 2.44. The molecule has 1 aliphatic rings. The molecule has 32 heavy (non-hydrogen) atoms. The molecular formula is C23H22N4O3S2. The number of hydrogen-bond acceptors (Lipinski definition) is 6. The number of ether oxygens (including phenoxy) is 1.